The maximum absolute atomic E-state index is 12.3. The molecule has 1 N–H and O–H groups in total. The molecule has 8 nitrogen and oxygen atoms in total. The van der Waals surface area contributed by atoms with Crippen LogP contribution in [0.2, 0.25) is 0 Å². The summed E-state index contributed by atoms with van der Waals surface area (Å²) >= 11 is 0. The van der Waals surface area contributed by atoms with Crippen LogP contribution in [0, 0.1) is 0 Å². The van der Waals surface area contributed by atoms with Gasteiger partial charge in [0.25, 0.3) is 0 Å². The molecule has 0 fully saturated rings. The van der Waals surface area contributed by atoms with Crippen molar-refractivity contribution in [3.8, 4) is 22.8 Å². The van der Waals surface area contributed by atoms with Gasteiger partial charge in [0.2, 0.25) is 12.7 Å². The molecule has 1 amide bonds. The van der Waals surface area contributed by atoms with Crippen LogP contribution in [-0.2, 0) is 17.8 Å². The molecular formula is C20H15N3O5. The maximum Gasteiger partial charge on any atom is 0.231 e. The second-order valence-electron chi connectivity index (χ2n) is 6.33. The summed E-state index contributed by atoms with van der Waals surface area (Å²) < 4.78 is 21.3. The van der Waals surface area contributed by atoms with Crippen LogP contribution in [-0.4, -0.2) is 23.0 Å². The lowest BCUT2D eigenvalue weighted by atomic mass is 10.1. The highest BCUT2D eigenvalue weighted by atomic mass is 16.7. The molecule has 0 unspecified atom stereocenters. The largest absolute Gasteiger partial charge is 0.454 e. The van der Waals surface area contributed by atoms with E-state index in [-0.39, 0.29) is 25.7 Å². The Kier molecular flexibility index (Phi) is 3.93. The van der Waals surface area contributed by atoms with Crippen molar-refractivity contribution in [3.63, 3.8) is 0 Å². The van der Waals surface area contributed by atoms with E-state index in [1.54, 1.807) is 6.07 Å². The normalized spacial score (nSPS) is 12.4. The van der Waals surface area contributed by atoms with E-state index in [1.807, 2.05) is 42.5 Å². The van der Waals surface area contributed by atoms with E-state index in [2.05, 4.69) is 15.6 Å². The van der Waals surface area contributed by atoms with Crippen molar-refractivity contribution in [1.29, 1.82) is 0 Å². The Morgan fingerprint density at radius 1 is 1.00 bits per heavy atom. The van der Waals surface area contributed by atoms with Gasteiger partial charge < -0.3 is 23.8 Å². The molecule has 0 bridgehead atoms. The average molecular weight is 377 g/mol. The molecule has 0 spiro atoms. The first-order valence-corrected chi connectivity index (χ1v) is 8.72. The zero-order valence-electron chi connectivity index (χ0n) is 14.7. The van der Waals surface area contributed by atoms with Gasteiger partial charge in [0.1, 0.15) is 11.4 Å². The number of nitrogens with zero attached hydrogens (tertiary/aromatic N) is 2. The topological polar surface area (TPSA) is 99.6 Å². The molecule has 8 heteroatoms. The van der Waals surface area contributed by atoms with E-state index in [0.717, 1.165) is 10.9 Å². The Bertz CT molecular complexity index is 1160. The van der Waals surface area contributed by atoms with Crippen LogP contribution >= 0.6 is 0 Å². The first kappa shape index (κ1) is 16.4. The van der Waals surface area contributed by atoms with Crippen LogP contribution in [0.25, 0.3) is 22.3 Å². The fraction of sp³-hybridized carbons (Fsp3) is 0.150. The number of nitrogens with one attached hydrogen (secondary N) is 1. The SMILES string of the molecule is O=C(Cc1noc2ccccc12)NCc1cc(-c2ccc3c(c2)OCO3)on1. The number of aromatic nitrogens is 2. The molecule has 28 heavy (non-hydrogen) atoms. The zero-order chi connectivity index (χ0) is 18.9. The minimum absolute atomic E-state index is 0.129. The number of carbonyl (C=O) groups is 1. The average Bonchev–Trinajstić information content (AvgIpc) is 3.46. The van der Waals surface area contributed by atoms with Crippen molar-refractivity contribution >= 4 is 16.9 Å². The number of amides is 1. The second kappa shape index (κ2) is 6.73. The smallest absolute Gasteiger partial charge is 0.231 e. The molecule has 0 atom stereocenters. The van der Waals surface area contributed by atoms with Gasteiger partial charge >= 0.3 is 0 Å². The number of rotatable bonds is 5. The van der Waals surface area contributed by atoms with Crippen LogP contribution < -0.4 is 14.8 Å². The highest BCUT2D eigenvalue weighted by Gasteiger charge is 2.16. The second-order valence-corrected chi connectivity index (χ2v) is 6.33. The van der Waals surface area contributed by atoms with E-state index in [0.29, 0.717) is 34.2 Å². The van der Waals surface area contributed by atoms with Gasteiger partial charge in [-0.25, -0.2) is 0 Å². The molecule has 1 aliphatic rings. The lowest BCUT2D eigenvalue weighted by Gasteiger charge is -2.00. The quantitative estimate of drug-likeness (QED) is 0.570. The molecule has 2 aromatic carbocycles. The summed E-state index contributed by atoms with van der Waals surface area (Å²) in [5.41, 5.74) is 2.71. The van der Waals surface area contributed by atoms with Crippen LogP contribution in [0.5, 0.6) is 11.5 Å². The van der Waals surface area contributed by atoms with Gasteiger partial charge in [-0.3, -0.25) is 4.79 Å². The van der Waals surface area contributed by atoms with E-state index >= 15 is 0 Å². The summed E-state index contributed by atoms with van der Waals surface area (Å²) in [6, 6.07) is 14.7. The Morgan fingerprint density at radius 2 is 1.89 bits per heavy atom. The monoisotopic (exact) mass is 377 g/mol. The molecule has 0 radical (unpaired) electrons. The summed E-state index contributed by atoms with van der Waals surface area (Å²) in [5.74, 6) is 1.79. The van der Waals surface area contributed by atoms with Crippen LogP contribution in [0.1, 0.15) is 11.4 Å². The molecule has 0 aliphatic carbocycles. The third-order valence-corrected chi connectivity index (χ3v) is 4.46. The van der Waals surface area contributed by atoms with Gasteiger partial charge in [0.15, 0.2) is 22.8 Å². The summed E-state index contributed by atoms with van der Waals surface area (Å²) in [5, 5.41) is 11.6. The molecule has 5 rings (SSSR count). The third-order valence-electron chi connectivity index (χ3n) is 4.46. The van der Waals surface area contributed by atoms with Crippen LogP contribution in [0.4, 0.5) is 0 Å². The number of para-hydroxylation sites is 1. The van der Waals surface area contributed by atoms with Crippen molar-refractivity contribution in [3.05, 3.63) is 59.9 Å². The van der Waals surface area contributed by atoms with Gasteiger partial charge in [-0.2, -0.15) is 0 Å². The fourth-order valence-electron chi connectivity index (χ4n) is 3.05. The van der Waals surface area contributed by atoms with Crippen molar-refractivity contribution in [2.75, 3.05) is 6.79 Å². The molecule has 1 aliphatic heterocycles. The van der Waals surface area contributed by atoms with E-state index in [9.17, 15) is 4.79 Å². The van der Waals surface area contributed by atoms with E-state index < -0.39 is 0 Å². The maximum atomic E-state index is 12.3. The third kappa shape index (κ3) is 3.05. The number of benzene rings is 2. The van der Waals surface area contributed by atoms with Crippen LogP contribution in [0.3, 0.4) is 0 Å². The fourth-order valence-corrected chi connectivity index (χ4v) is 3.05. The summed E-state index contributed by atoms with van der Waals surface area (Å²) in [6.45, 7) is 0.468. The lowest BCUT2D eigenvalue weighted by Crippen LogP contribution is -2.24. The Hall–Kier alpha value is -3.81. The predicted octanol–water partition coefficient (Wildman–Crippen LogP) is 3.07. The predicted molar refractivity (Wildman–Crippen MR) is 97.6 cm³/mol. The van der Waals surface area contributed by atoms with Crippen LogP contribution in [0.15, 0.2) is 57.6 Å². The number of carbonyl (C=O) groups excluding carboxylic acids is 1. The summed E-state index contributed by atoms with van der Waals surface area (Å²) in [6.07, 6.45) is 0.129. The Balaban J connectivity index is 1.23. The van der Waals surface area contributed by atoms with Crippen molar-refractivity contribution < 1.29 is 23.3 Å². The minimum atomic E-state index is -0.174. The molecule has 0 saturated heterocycles. The summed E-state index contributed by atoms with van der Waals surface area (Å²) in [4.78, 5) is 12.3. The number of hydrogen-bond donors (Lipinski definition) is 1. The zero-order valence-corrected chi connectivity index (χ0v) is 14.7. The molecule has 4 aromatic rings. The summed E-state index contributed by atoms with van der Waals surface area (Å²) in [7, 11) is 0. The first-order valence-electron chi connectivity index (χ1n) is 8.72. The Labute approximate surface area is 159 Å². The number of fused-ring (bicyclic) bond motifs is 2. The Morgan fingerprint density at radius 3 is 2.86 bits per heavy atom. The molecular weight excluding hydrogens is 362 g/mol. The highest BCUT2D eigenvalue weighted by Crippen LogP contribution is 2.36. The molecule has 0 saturated carbocycles. The van der Waals surface area contributed by atoms with Crippen molar-refractivity contribution in [1.82, 2.24) is 15.6 Å². The van der Waals surface area contributed by atoms with Crippen molar-refractivity contribution in [2.45, 2.75) is 13.0 Å². The number of ether oxygens (including phenoxy) is 2. The van der Waals surface area contributed by atoms with Gasteiger partial charge in [-0.1, -0.05) is 22.4 Å². The number of hydrogen-bond acceptors (Lipinski definition) is 7. The van der Waals surface area contributed by atoms with Crippen molar-refractivity contribution in [2.24, 2.45) is 0 Å². The minimum Gasteiger partial charge on any atom is -0.454 e. The van der Waals surface area contributed by atoms with E-state index in [1.165, 1.54) is 0 Å². The van der Waals surface area contributed by atoms with Gasteiger partial charge in [-0.05, 0) is 30.3 Å². The van der Waals surface area contributed by atoms with Gasteiger partial charge in [0, 0.05) is 17.0 Å². The first-order chi connectivity index (χ1) is 13.8. The van der Waals surface area contributed by atoms with Gasteiger partial charge in [-0.15, -0.1) is 0 Å². The lowest BCUT2D eigenvalue weighted by molar-refractivity contribution is -0.120. The van der Waals surface area contributed by atoms with Gasteiger partial charge in [0.05, 0.1) is 13.0 Å². The van der Waals surface area contributed by atoms with E-state index in [4.69, 9.17) is 18.5 Å². The molecule has 3 heterocycles. The molecule has 2 aromatic heterocycles. The molecule has 140 valence electrons. The highest BCUT2D eigenvalue weighted by molar-refractivity contribution is 5.86. The standard InChI is InChI=1S/C20H15N3O5/c24-20(9-15-14-3-1-2-4-16(14)27-23-15)21-10-13-8-18(28-22-13)12-5-6-17-19(7-12)26-11-25-17/h1-8H,9-11H2,(H,21,24).